The average molecular weight is 311 g/mol. The fourth-order valence-electron chi connectivity index (χ4n) is 2.55. The van der Waals surface area contributed by atoms with E-state index in [1.54, 1.807) is 4.90 Å². The van der Waals surface area contributed by atoms with Crippen LogP contribution in [0.2, 0.25) is 5.02 Å². The van der Waals surface area contributed by atoms with Crippen molar-refractivity contribution < 1.29 is 9.53 Å². The van der Waals surface area contributed by atoms with Gasteiger partial charge in [0.05, 0.1) is 19.1 Å². The third-order valence-corrected chi connectivity index (χ3v) is 4.02. The Hall–Kier alpha value is -1.10. The first kappa shape index (κ1) is 16.3. The number of amides is 1. The van der Waals surface area contributed by atoms with Gasteiger partial charge in [-0.3, -0.25) is 4.79 Å². The fraction of sp³-hybridized carbons (Fsp3) is 0.562. The predicted octanol–water partition coefficient (Wildman–Crippen LogP) is 2.31. The molecule has 1 amide bonds. The lowest BCUT2D eigenvalue weighted by Gasteiger charge is -2.24. The number of benzene rings is 1. The second-order valence-electron chi connectivity index (χ2n) is 5.53. The zero-order chi connectivity index (χ0) is 15.2. The molecule has 2 rings (SSSR count). The highest BCUT2D eigenvalue weighted by Gasteiger charge is 2.35. The molecule has 4 nitrogen and oxygen atoms in total. The van der Waals surface area contributed by atoms with E-state index in [0.29, 0.717) is 24.8 Å². The van der Waals surface area contributed by atoms with Gasteiger partial charge in [-0.25, -0.2) is 0 Å². The fourth-order valence-corrected chi connectivity index (χ4v) is 2.68. The number of carbonyl (C=O) groups is 1. The summed E-state index contributed by atoms with van der Waals surface area (Å²) in [5.41, 5.74) is 1.08. The maximum Gasteiger partial charge on any atom is 0.229 e. The van der Waals surface area contributed by atoms with Crippen molar-refractivity contribution >= 4 is 17.5 Å². The number of hydrogen-bond donors (Lipinski definition) is 1. The zero-order valence-corrected chi connectivity index (χ0v) is 13.4. The van der Waals surface area contributed by atoms with E-state index in [1.165, 1.54) is 0 Å². The van der Waals surface area contributed by atoms with Crippen LogP contribution in [0.25, 0.3) is 0 Å². The lowest BCUT2D eigenvalue weighted by molar-refractivity contribution is -0.135. The molecule has 1 aliphatic heterocycles. The van der Waals surface area contributed by atoms with Crippen molar-refractivity contribution in [1.82, 2.24) is 10.2 Å². The Kier molecular flexibility index (Phi) is 6.03. The van der Waals surface area contributed by atoms with Crippen LogP contribution in [0.3, 0.4) is 0 Å². The summed E-state index contributed by atoms with van der Waals surface area (Å²) in [6.45, 7) is 4.74. The lowest BCUT2D eigenvalue weighted by atomic mass is 10.0. The molecule has 0 bridgehead atoms. The van der Waals surface area contributed by atoms with E-state index in [1.807, 2.05) is 31.3 Å². The molecule has 1 saturated heterocycles. The van der Waals surface area contributed by atoms with Gasteiger partial charge in [0.25, 0.3) is 0 Å². The first-order chi connectivity index (χ1) is 10.1. The molecule has 21 heavy (non-hydrogen) atoms. The third-order valence-electron chi connectivity index (χ3n) is 3.76. The topological polar surface area (TPSA) is 41.6 Å². The molecule has 1 aromatic rings. The molecule has 116 valence electrons. The van der Waals surface area contributed by atoms with Crippen LogP contribution in [0.1, 0.15) is 18.9 Å². The minimum atomic E-state index is -0.0890. The summed E-state index contributed by atoms with van der Waals surface area (Å²) >= 11 is 5.88. The Morgan fingerprint density at radius 3 is 2.76 bits per heavy atom. The standard InChI is InChI=1S/C16H23ClN2O2/c1-3-8-18-15-11-21-10-14(15)16(20)19(2)9-12-4-6-13(17)7-5-12/h4-7,14-15,18H,3,8-11H2,1-2H3. The summed E-state index contributed by atoms with van der Waals surface area (Å²) in [4.78, 5) is 14.3. The second-order valence-corrected chi connectivity index (χ2v) is 5.96. The maximum absolute atomic E-state index is 12.6. The van der Waals surface area contributed by atoms with E-state index in [-0.39, 0.29) is 17.9 Å². The molecule has 1 heterocycles. The van der Waals surface area contributed by atoms with E-state index in [0.717, 1.165) is 18.5 Å². The minimum absolute atomic E-state index is 0.0890. The molecule has 2 unspecified atom stereocenters. The van der Waals surface area contributed by atoms with Gasteiger partial charge in [-0.2, -0.15) is 0 Å². The van der Waals surface area contributed by atoms with Gasteiger partial charge >= 0.3 is 0 Å². The Morgan fingerprint density at radius 1 is 1.38 bits per heavy atom. The number of rotatable bonds is 6. The van der Waals surface area contributed by atoms with E-state index in [2.05, 4.69) is 12.2 Å². The lowest BCUT2D eigenvalue weighted by Crippen LogP contribution is -2.44. The van der Waals surface area contributed by atoms with Gasteiger partial charge in [-0.15, -0.1) is 0 Å². The summed E-state index contributed by atoms with van der Waals surface area (Å²) in [7, 11) is 1.84. The number of carbonyl (C=O) groups excluding carboxylic acids is 1. The van der Waals surface area contributed by atoms with Gasteiger partial charge in [0.15, 0.2) is 0 Å². The van der Waals surface area contributed by atoms with Gasteiger partial charge in [0.2, 0.25) is 5.91 Å². The van der Waals surface area contributed by atoms with Gasteiger partial charge in [0.1, 0.15) is 0 Å². The van der Waals surface area contributed by atoms with Crippen LogP contribution in [0.5, 0.6) is 0 Å². The molecule has 0 saturated carbocycles. The predicted molar refractivity (Wildman–Crippen MR) is 84.3 cm³/mol. The SMILES string of the molecule is CCCNC1COCC1C(=O)N(C)Cc1ccc(Cl)cc1. The highest BCUT2D eigenvalue weighted by Crippen LogP contribution is 2.18. The van der Waals surface area contributed by atoms with Crippen LogP contribution in [0.15, 0.2) is 24.3 Å². The molecule has 0 aromatic heterocycles. The van der Waals surface area contributed by atoms with Gasteiger partial charge in [-0.1, -0.05) is 30.7 Å². The van der Waals surface area contributed by atoms with Gasteiger partial charge < -0.3 is 15.0 Å². The highest BCUT2D eigenvalue weighted by molar-refractivity contribution is 6.30. The monoisotopic (exact) mass is 310 g/mol. The molecule has 2 atom stereocenters. The van der Waals surface area contributed by atoms with Crippen molar-refractivity contribution in [1.29, 1.82) is 0 Å². The largest absolute Gasteiger partial charge is 0.379 e. The second kappa shape index (κ2) is 7.78. The highest BCUT2D eigenvalue weighted by atomic mass is 35.5. The molecular weight excluding hydrogens is 288 g/mol. The van der Waals surface area contributed by atoms with E-state index in [4.69, 9.17) is 16.3 Å². The molecule has 0 aliphatic carbocycles. The Morgan fingerprint density at radius 2 is 2.10 bits per heavy atom. The van der Waals surface area contributed by atoms with Crippen molar-refractivity contribution in [2.75, 3.05) is 26.8 Å². The van der Waals surface area contributed by atoms with Crippen LogP contribution < -0.4 is 5.32 Å². The number of hydrogen-bond acceptors (Lipinski definition) is 3. The summed E-state index contributed by atoms with van der Waals surface area (Å²) < 4.78 is 5.48. The summed E-state index contributed by atoms with van der Waals surface area (Å²) in [5, 5.41) is 4.11. The zero-order valence-electron chi connectivity index (χ0n) is 12.6. The molecule has 1 aromatic carbocycles. The first-order valence-electron chi connectivity index (χ1n) is 7.42. The summed E-state index contributed by atoms with van der Waals surface area (Å²) in [6.07, 6.45) is 1.05. The van der Waals surface area contributed by atoms with Gasteiger partial charge in [-0.05, 0) is 30.7 Å². The third kappa shape index (κ3) is 4.43. The molecular formula is C16H23ClN2O2. The Labute approximate surface area is 131 Å². The molecule has 1 N–H and O–H groups in total. The molecule has 0 radical (unpaired) electrons. The maximum atomic E-state index is 12.6. The summed E-state index contributed by atoms with van der Waals surface area (Å²) in [6, 6.07) is 7.72. The molecule has 1 fully saturated rings. The van der Waals surface area contributed by atoms with Crippen molar-refractivity contribution in [3.63, 3.8) is 0 Å². The van der Waals surface area contributed by atoms with E-state index in [9.17, 15) is 4.79 Å². The summed E-state index contributed by atoms with van der Waals surface area (Å²) in [5.74, 6) is 0.0462. The van der Waals surface area contributed by atoms with Crippen LogP contribution >= 0.6 is 11.6 Å². The molecule has 5 heteroatoms. The van der Waals surface area contributed by atoms with Crippen LogP contribution in [-0.2, 0) is 16.1 Å². The van der Waals surface area contributed by atoms with Crippen LogP contribution in [0, 0.1) is 5.92 Å². The average Bonchev–Trinajstić information content (AvgIpc) is 2.95. The number of nitrogens with zero attached hydrogens (tertiary/aromatic N) is 1. The van der Waals surface area contributed by atoms with Crippen LogP contribution in [0.4, 0.5) is 0 Å². The Balaban J connectivity index is 1.93. The normalized spacial score (nSPS) is 21.5. The Bertz CT molecular complexity index is 464. The first-order valence-corrected chi connectivity index (χ1v) is 7.80. The quantitative estimate of drug-likeness (QED) is 0.876. The van der Waals surface area contributed by atoms with Crippen molar-refractivity contribution in [2.45, 2.75) is 25.9 Å². The van der Waals surface area contributed by atoms with Crippen molar-refractivity contribution in [3.8, 4) is 0 Å². The molecule has 1 aliphatic rings. The molecule has 0 spiro atoms. The van der Waals surface area contributed by atoms with Crippen molar-refractivity contribution in [2.24, 2.45) is 5.92 Å². The van der Waals surface area contributed by atoms with E-state index >= 15 is 0 Å². The smallest absolute Gasteiger partial charge is 0.229 e. The van der Waals surface area contributed by atoms with Crippen LogP contribution in [-0.4, -0.2) is 43.7 Å². The van der Waals surface area contributed by atoms with Crippen molar-refractivity contribution in [3.05, 3.63) is 34.9 Å². The van der Waals surface area contributed by atoms with E-state index < -0.39 is 0 Å². The number of halogens is 1. The van der Waals surface area contributed by atoms with Gasteiger partial charge in [0, 0.05) is 24.7 Å². The number of nitrogens with one attached hydrogen (secondary N) is 1. The minimum Gasteiger partial charge on any atom is -0.379 e. The number of ether oxygens (including phenoxy) is 1.